The number of rotatable bonds is 9. The van der Waals surface area contributed by atoms with Crippen molar-refractivity contribution in [3.05, 3.63) is 84.4 Å². The normalized spacial score (nSPS) is 11.8. The highest BCUT2D eigenvalue weighted by Crippen LogP contribution is 2.37. The topological polar surface area (TPSA) is 116 Å². The minimum Gasteiger partial charge on any atom is -0.461 e. The number of thioether (sulfide) groups is 1. The Kier molecular flexibility index (Phi) is 6.84. The summed E-state index contributed by atoms with van der Waals surface area (Å²) in [5, 5.41) is 11.0. The van der Waals surface area contributed by atoms with Gasteiger partial charge >= 0.3 is 0 Å². The van der Waals surface area contributed by atoms with Crippen LogP contribution in [0, 0.1) is 5.82 Å². The van der Waals surface area contributed by atoms with Crippen molar-refractivity contribution < 1.29 is 18.4 Å². The third-order valence-corrected chi connectivity index (χ3v) is 5.95. The van der Waals surface area contributed by atoms with Gasteiger partial charge in [0.25, 0.3) is 0 Å². The highest BCUT2D eigenvalue weighted by atomic mass is 32.2. The van der Waals surface area contributed by atoms with E-state index in [1.54, 1.807) is 16.7 Å². The van der Waals surface area contributed by atoms with E-state index in [4.69, 9.17) is 10.2 Å². The van der Waals surface area contributed by atoms with Gasteiger partial charge in [0.2, 0.25) is 11.8 Å². The zero-order valence-electron chi connectivity index (χ0n) is 17.3. The quantitative estimate of drug-likeness (QED) is 0.361. The number of benzene rings is 2. The first-order valence-corrected chi connectivity index (χ1v) is 10.9. The van der Waals surface area contributed by atoms with Crippen molar-refractivity contribution in [2.45, 2.75) is 23.4 Å². The number of aromatic nitrogens is 3. The smallest absolute Gasteiger partial charge is 0.242 e. The van der Waals surface area contributed by atoms with E-state index < -0.39 is 17.0 Å². The highest BCUT2D eigenvalue weighted by Gasteiger charge is 2.27. The highest BCUT2D eigenvalue weighted by molar-refractivity contribution is 8.00. The first-order chi connectivity index (χ1) is 16.0. The molecule has 0 aliphatic rings. The lowest BCUT2D eigenvalue weighted by Gasteiger charge is -2.17. The standard InChI is InChI=1S/C23H20FN5O3S/c24-16-8-10-17(11-9-16)26-22(31)20(15-5-2-1-3-6-15)33-23-28-27-21(18-7-4-14-32-18)29(23)13-12-19(25)30/h1-11,14,20H,12-13H2,(H2,25,30)(H,26,31). The van der Waals surface area contributed by atoms with Crippen molar-refractivity contribution in [1.29, 1.82) is 0 Å². The third-order valence-electron chi connectivity index (χ3n) is 4.72. The maximum absolute atomic E-state index is 13.3. The fourth-order valence-corrected chi connectivity index (χ4v) is 4.20. The Morgan fingerprint density at radius 1 is 1.06 bits per heavy atom. The summed E-state index contributed by atoms with van der Waals surface area (Å²) in [6, 6.07) is 18.2. The van der Waals surface area contributed by atoms with E-state index >= 15 is 0 Å². The minimum absolute atomic E-state index is 0.0666. The molecule has 10 heteroatoms. The van der Waals surface area contributed by atoms with E-state index in [0.29, 0.717) is 22.4 Å². The molecule has 0 saturated heterocycles. The number of nitrogens with zero attached hydrogens (tertiary/aromatic N) is 3. The Morgan fingerprint density at radius 2 is 1.82 bits per heavy atom. The van der Waals surface area contributed by atoms with Gasteiger partial charge in [-0.15, -0.1) is 10.2 Å². The summed E-state index contributed by atoms with van der Waals surface area (Å²) in [6.07, 6.45) is 1.58. The van der Waals surface area contributed by atoms with Gasteiger partial charge in [0.15, 0.2) is 16.7 Å². The third kappa shape index (κ3) is 5.47. The predicted octanol–water partition coefficient (Wildman–Crippen LogP) is 4.02. The molecule has 1 unspecified atom stereocenters. The lowest BCUT2D eigenvalue weighted by atomic mass is 10.1. The maximum atomic E-state index is 13.3. The van der Waals surface area contributed by atoms with Gasteiger partial charge in [0.05, 0.1) is 6.26 Å². The number of halogens is 1. The van der Waals surface area contributed by atoms with Crippen molar-refractivity contribution in [1.82, 2.24) is 14.8 Å². The summed E-state index contributed by atoms with van der Waals surface area (Å²) < 4.78 is 20.4. The molecular weight excluding hydrogens is 445 g/mol. The number of furan rings is 1. The van der Waals surface area contributed by atoms with Crippen LogP contribution in [0.5, 0.6) is 0 Å². The number of hydrogen-bond donors (Lipinski definition) is 2. The number of amides is 2. The Hall–Kier alpha value is -3.92. The average Bonchev–Trinajstić information content (AvgIpc) is 3.48. The second-order valence-electron chi connectivity index (χ2n) is 7.06. The molecule has 0 aliphatic heterocycles. The lowest BCUT2D eigenvalue weighted by Crippen LogP contribution is -2.20. The summed E-state index contributed by atoms with van der Waals surface area (Å²) in [5.74, 6) is -0.282. The van der Waals surface area contributed by atoms with Gasteiger partial charge in [0, 0.05) is 18.7 Å². The summed E-state index contributed by atoms with van der Waals surface area (Å²) in [5.41, 5.74) is 6.56. The molecule has 2 heterocycles. The van der Waals surface area contributed by atoms with Crippen LogP contribution >= 0.6 is 11.8 Å². The van der Waals surface area contributed by atoms with E-state index in [1.807, 2.05) is 30.3 Å². The predicted molar refractivity (Wildman–Crippen MR) is 122 cm³/mol. The number of nitrogens with two attached hydrogens (primary N) is 1. The molecule has 0 fully saturated rings. The first-order valence-electron chi connectivity index (χ1n) is 10.0. The van der Waals surface area contributed by atoms with Crippen LogP contribution in [0.3, 0.4) is 0 Å². The second-order valence-corrected chi connectivity index (χ2v) is 8.13. The molecule has 0 radical (unpaired) electrons. The number of anilines is 1. The Morgan fingerprint density at radius 3 is 2.48 bits per heavy atom. The van der Waals surface area contributed by atoms with Crippen molar-refractivity contribution in [3.63, 3.8) is 0 Å². The Labute approximate surface area is 193 Å². The van der Waals surface area contributed by atoms with Crippen LogP contribution in [0.15, 0.2) is 82.6 Å². The average molecular weight is 466 g/mol. The summed E-state index contributed by atoms with van der Waals surface area (Å²) in [4.78, 5) is 24.7. The summed E-state index contributed by atoms with van der Waals surface area (Å²) >= 11 is 1.18. The van der Waals surface area contributed by atoms with Crippen molar-refractivity contribution >= 4 is 29.3 Å². The largest absolute Gasteiger partial charge is 0.461 e. The zero-order chi connectivity index (χ0) is 23.2. The molecule has 0 aliphatic carbocycles. The molecule has 8 nitrogen and oxygen atoms in total. The first kappa shape index (κ1) is 22.3. The van der Waals surface area contributed by atoms with Gasteiger partial charge in [-0.3, -0.25) is 14.2 Å². The fourth-order valence-electron chi connectivity index (χ4n) is 3.13. The van der Waals surface area contributed by atoms with Gasteiger partial charge in [-0.25, -0.2) is 4.39 Å². The zero-order valence-corrected chi connectivity index (χ0v) is 18.2. The van der Waals surface area contributed by atoms with Gasteiger partial charge in [-0.05, 0) is 42.0 Å². The number of nitrogens with one attached hydrogen (secondary N) is 1. The van der Waals surface area contributed by atoms with E-state index in [9.17, 15) is 14.0 Å². The molecule has 2 aromatic carbocycles. The van der Waals surface area contributed by atoms with Crippen LogP contribution in [0.4, 0.5) is 10.1 Å². The summed E-state index contributed by atoms with van der Waals surface area (Å²) in [7, 11) is 0. The van der Waals surface area contributed by atoms with Crippen LogP contribution in [0.1, 0.15) is 17.2 Å². The van der Waals surface area contributed by atoms with E-state index in [-0.39, 0.29) is 18.9 Å². The molecular formula is C23H20FN5O3S. The Bertz CT molecular complexity index is 1230. The van der Waals surface area contributed by atoms with E-state index in [0.717, 1.165) is 5.56 Å². The molecule has 0 saturated carbocycles. The molecule has 3 N–H and O–H groups in total. The number of carbonyl (C=O) groups is 2. The number of carbonyl (C=O) groups excluding carboxylic acids is 2. The SMILES string of the molecule is NC(=O)CCn1c(SC(C(=O)Nc2ccc(F)cc2)c2ccccc2)nnc1-c1ccco1. The van der Waals surface area contributed by atoms with Crippen LogP contribution in [0.25, 0.3) is 11.6 Å². The van der Waals surface area contributed by atoms with Crippen LogP contribution in [-0.4, -0.2) is 26.6 Å². The molecule has 168 valence electrons. The molecule has 4 aromatic rings. The van der Waals surface area contributed by atoms with E-state index in [2.05, 4.69) is 15.5 Å². The fraction of sp³-hybridized carbons (Fsp3) is 0.130. The molecule has 0 spiro atoms. The second kappa shape index (κ2) is 10.1. The van der Waals surface area contributed by atoms with Crippen molar-refractivity contribution in [3.8, 4) is 11.6 Å². The number of hydrogen-bond acceptors (Lipinski definition) is 6. The van der Waals surface area contributed by atoms with Gasteiger partial charge in [-0.1, -0.05) is 42.1 Å². The molecule has 2 aromatic heterocycles. The number of primary amides is 1. The summed E-state index contributed by atoms with van der Waals surface area (Å²) in [6.45, 7) is 0.224. The molecule has 2 amide bonds. The van der Waals surface area contributed by atoms with Crippen LogP contribution < -0.4 is 11.1 Å². The molecule has 4 rings (SSSR count). The molecule has 0 bridgehead atoms. The molecule has 33 heavy (non-hydrogen) atoms. The monoisotopic (exact) mass is 465 g/mol. The molecule has 1 atom stereocenters. The van der Waals surface area contributed by atoms with Crippen LogP contribution in [-0.2, 0) is 16.1 Å². The van der Waals surface area contributed by atoms with Crippen molar-refractivity contribution in [2.24, 2.45) is 5.73 Å². The van der Waals surface area contributed by atoms with E-state index in [1.165, 1.54) is 42.3 Å². The minimum atomic E-state index is -0.697. The van der Waals surface area contributed by atoms with Gasteiger partial charge in [-0.2, -0.15) is 0 Å². The van der Waals surface area contributed by atoms with Gasteiger partial charge < -0.3 is 15.5 Å². The lowest BCUT2D eigenvalue weighted by molar-refractivity contribution is -0.118. The van der Waals surface area contributed by atoms with Crippen molar-refractivity contribution in [2.75, 3.05) is 5.32 Å². The Balaban J connectivity index is 1.66. The van der Waals surface area contributed by atoms with Gasteiger partial charge in [0.1, 0.15) is 11.1 Å². The maximum Gasteiger partial charge on any atom is 0.242 e. The van der Waals surface area contributed by atoms with Crippen LogP contribution in [0.2, 0.25) is 0 Å².